The number of methoxy groups -OCH3 is 2. The quantitative estimate of drug-likeness (QED) is 0.0287. The molecule has 7 heteroatoms. The van der Waals surface area contributed by atoms with Crippen LogP contribution in [0.15, 0.2) is 27.5 Å². The Labute approximate surface area is 262 Å². The summed E-state index contributed by atoms with van der Waals surface area (Å²) in [6.07, 6.45) is 11.2. The number of aliphatic hydroxyl groups is 1. The van der Waals surface area contributed by atoms with Crippen molar-refractivity contribution in [3.8, 4) is 11.8 Å². The summed E-state index contributed by atoms with van der Waals surface area (Å²) >= 11 is -2.83. The van der Waals surface area contributed by atoms with Crippen LogP contribution >= 0.6 is 0 Å². The van der Waals surface area contributed by atoms with Crippen LogP contribution in [0.25, 0.3) is 0 Å². The molecule has 3 atom stereocenters. The molecule has 1 N–H and O–H groups in total. The maximum absolute atomic E-state index is 12.2. The predicted molar refractivity (Wildman–Crippen MR) is 177 cm³/mol. The van der Waals surface area contributed by atoms with Crippen molar-refractivity contribution in [2.75, 3.05) is 27.6 Å². The average molecular weight is 698 g/mol. The minimum atomic E-state index is -2.83. The van der Waals surface area contributed by atoms with E-state index in [1.807, 2.05) is 6.92 Å². The van der Waals surface area contributed by atoms with Gasteiger partial charge in [-0.3, -0.25) is 0 Å². The fraction of sp³-hybridized carbons (Fsp3) is 0.771. The van der Waals surface area contributed by atoms with Crippen LogP contribution in [0.3, 0.4) is 0 Å². The Morgan fingerprint density at radius 3 is 2.10 bits per heavy atom. The van der Waals surface area contributed by atoms with E-state index in [-0.39, 0.29) is 19.3 Å². The Kier molecular flexibility index (Phi) is 23.4. The summed E-state index contributed by atoms with van der Waals surface area (Å²) in [5.41, 5.74) is 4.14. The van der Waals surface area contributed by atoms with Gasteiger partial charge in [0, 0.05) is 0 Å². The number of carbonyl (C=O) groups excluding carboxylic acids is 1. The summed E-state index contributed by atoms with van der Waals surface area (Å²) in [6.45, 7) is 17.3. The van der Waals surface area contributed by atoms with Gasteiger partial charge in [-0.05, 0) is 0 Å². The van der Waals surface area contributed by atoms with E-state index in [1.165, 1.54) is 62.5 Å². The number of hydrogen-bond acceptors (Lipinski definition) is 6. The molecule has 0 aliphatic rings. The van der Waals surface area contributed by atoms with Crippen molar-refractivity contribution >= 4 is 24.5 Å². The summed E-state index contributed by atoms with van der Waals surface area (Å²) in [7, 11) is 2.94. The molecule has 2 unspecified atom stereocenters. The molecule has 0 saturated heterocycles. The molecule has 0 spiro atoms. The van der Waals surface area contributed by atoms with E-state index in [1.54, 1.807) is 7.11 Å². The van der Waals surface area contributed by atoms with Crippen LogP contribution in [0.5, 0.6) is 0 Å². The van der Waals surface area contributed by atoms with E-state index < -0.39 is 36.2 Å². The molecule has 0 aliphatic heterocycles. The normalized spacial score (nSPS) is 14.0. The molecule has 0 aromatic rings. The van der Waals surface area contributed by atoms with Gasteiger partial charge in [-0.1, -0.05) is 0 Å². The van der Waals surface area contributed by atoms with Gasteiger partial charge in [0.2, 0.25) is 0 Å². The van der Waals surface area contributed by atoms with Gasteiger partial charge in [-0.25, -0.2) is 0 Å². The Morgan fingerprint density at radius 2 is 1.64 bits per heavy atom. The molecule has 42 heavy (non-hydrogen) atoms. The zero-order chi connectivity index (χ0) is 31.9. The standard InChI is InChI=1S/C23H35O6.3C4H9.Sn/c1-7-8-11-15-23(4,28-18-26-5)17-21(29-22(25)27-6)13-10-9-12-20(14-16-24)19(2)3;3*1-3-4-2;/h7,20-21,24H,2,9,12,14-18H2,1,3-6H3;3*1,3-4H2,2H3;/t8?,20-,21?,23?;;;;/m0..../s1. The molecule has 0 rings (SSSR count). The van der Waals surface area contributed by atoms with E-state index in [9.17, 15) is 9.90 Å². The number of carbonyl (C=O) groups is 1. The van der Waals surface area contributed by atoms with E-state index in [4.69, 9.17) is 18.9 Å². The third kappa shape index (κ3) is 16.6. The van der Waals surface area contributed by atoms with E-state index in [2.05, 4.69) is 64.8 Å². The number of unbranched alkanes of at least 4 members (excludes halogenated alkanes) is 3. The first-order chi connectivity index (χ1) is 20.1. The topological polar surface area (TPSA) is 74.2 Å². The van der Waals surface area contributed by atoms with E-state index >= 15 is 0 Å². The van der Waals surface area contributed by atoms with Crippen LogP contribution in [0.2, 0.25) is 13.3 Å². The third-order valence-corrected chi connectivity index (χ3v) is 23.9. The van der Waals surface area contributed by atoms with Crippen LogP contribution in [0.1, 0.15) is 112 Å². The van der Waals surface area contributed by atoms with Crippen LogP contribution in [-0.4, -0.2) is 69.0 Å². The molecule has 0 aromatic heterocycles. The summed E-state index contributed by atoms with van der Waals surface area (Å²) in [5, 5.41) is 9.39. The van der Waals surface area contributed by atoms with Crippen LogP contribution in [0.4, 0.5) is 4.79 Å². The van der Waals surface area contributed by atoms with Crippen molar-refractivity contribution < 1.29 is 28.8 Å². The average Bonchev–Trinajstić information content (AvgIpc) is 2.97. The van der Waals surface area contributed by atoms with Crippen molar-refractivity contribution in [1.29, 1.82) is 0 Å². The molecule has 0 bridgehead atoms. The van der Waals surface area contributed by atoms with Crippen molar-refractivity contribution in [3.05, 3.63) is 27.5 Å². The van der Waals surface area contributed by atoms with Crippen molar-refractivity contribution in [2.45, 2.75) is 137 Å². The number of hydrogen-bond donors (Lipinski definition) is 1. The second-order valence-electron chi connectivity index (χ2n) is 11.9. The maximum atomic E-state index is 12.2. The van der Waals surface area contributed by atoms with Gasteiger partial charge in [0.1, 0.15) is 0 Å². The fourth-order valence-electron chi connectivity index (χ4n) is 5.60. The second kappa shape index (κ2) is 24.1. The third-order valence-electron chi connectivity index (χ3n) is 8.14. The van der Waals surface area contributed by atoms with Gasteiger partial charge in [0.05, 0.1) is 0 Å². The molecule has 0 aliphatic carbocycles. The number of allylic oxidation sites excluding steroid dienone is 1. The molecule has 6 nitrogen and oxygen atoms in total. The van der Waals surface area contributed by atoms with Crippen LogP contribution < -0.4 is 0 Å². The Balaban J connectivity index is 6.44. The Morgan fingerprint density at radius 1 is 1.05 bits per heavy atom. The van der Waals surface area contributed by atoms with Crippen molar-refractivity contribution in [1.82, 2.24) is 0 Å². The summed E-state index contributed by atoms with van der Waals surface area (Å²) in [6, 6.07) is 0. The summed E-state index contributed by atoms with van der Waals surface area (Å²) in [4.78, 5) is 12.2. The Hall–Kier alpha value is -1.23. The molecule has 0 saturated carbocycles. The van der Waals surface area contributed by atoms with E-state index in [0.717, 1.165) is 18.4 Å². The first-order valence-corrected chi connectivity index (χ1v) is 23.6. The molecule has 0 fully saturated rings. The number of rotatable bonds is 23. The second-order valence-corrected chi connectivity index (χ2v) is 25.2. The van der Waals surface area contributed by atoms with Crippen molar-refractivity contribution in [3.63, 3.8) is 0 Å². The number of ether oxygens (including phenoxy) is 4. The van der Waals surface area contributed by atoms with Crippen LogP contribution in [-0.2, 0) is 18.9 Å². The zero-order valence-electron chi connectivity index (χ0n) is 28.2. The van der Waals surface area contributed by atoms with Gasteiger partial charge in [-0.2, -0.15) is 0 Å². The molecule has 0 aromatic carbocycles. The molecular formula is C35H62O6Sn. The molecule has 0 heterocycles. The Bertz CT molecular complexity index is 860. The molecule has 242 valence electrons. The molecular weight excluding hydrogens is 635 g/mol. The summed E-state index contributed by atoms with van der Waals surface area (Å²) in [5.74, 6) is 6.63. The van der Waals surface area contributed by atoms with E-state index in [0.29, 0.717) is 19.3 Å². The first-order valence-electron chi connectivity index (χ1n) is 16.1. The summed E-state index contributed by atoms with van der Waals surface area (Å²) < 4.78 is 27.8. The zero-order valence-corrected chi connectivity index (χ0v) is 31.1. The van der Waals surface area contributed by atoms with Gasteiger partial charge < -0.3 is 5.11 Å². The van der Waals surface area contributed by atoms with Crippen molar-refractivity contribution in [2.24, 2.45) is 5.92 Å². The van der Waals surface area contributed by atoms with Gasteiger partial charge >= 0.3 is 258 Å². The minimum absolute atomic E-state index is 0.123. The van der Waals surface area contributed by atoms with Gasteiger partial charge in [0.25, 0.3) is 0 Å². The fourth-order valence-corrected chi connectivity index (χ4v) is 22.6. The van der Waals surface area contributed by atoms with Gasteiger partial charge in [0.15, 0.2) is 0 Å². The first kappa shape index (κ1) is 40.8. The number of aliphatic hydroxyl groups excluding tert-OH is 1. The molecule has 0 radical (unpaired) electrons. The van der Waals surface area contributed by atoms with Crippen LogP contribution in [0, 0.1) is 17.8 Å². The predicted octanol–water partition coefficient (Wildman–Crippen LogP) is 9.15. The van der Waals surface area contributed by atoms with Gasteiger partial charge in [-0.15, -0.1) is 0 Å². The SMILES string of the molecule is C=C(C)[C@H](CCO)CCC#CC(CC(C)(C[C](=C=CC)[Sn]([CH2]CCC)([CH2]CCC)[CH2]CCC)OCOC)OC(=O)OC. The molecule has 0 amide bonds. The monoisotopic (exact) mass is 698 g/mol.